The van der Waals surface area contributed by atoms with Gasteiger partial charge in [-0.1, -0.05) is 18.2 Å². The number of guanidine groups is 1. The van der Waals surface area contributed by atoms with E-state index in [9.17, 15) is 0 Å². The molecule has 0 fully saturated rings. The summed E-state index contributed by atoms with van der Waals surface area (Å²) in [5.74, 6) is 1.44. The molecule has 0 saturated carbocycles. The van der Waals surface area contributed by atoms with E-state index in [0.29, 0.717) is 12.4 Å². The van der Waals surface area contributed by atoms with E-state index in [1.54, 1.807) is 13.3 Å². The van der Waals surface area contributed by atoms with Gasteiger partial charge in [0.1, 0.15) is 0 Å². The zero-order valence-electron chi connectivity index (χ0n) is 16.0. The van der Waals surface area contributed by atoms with Crippen LogP contribution in [-0.4, -0.2) is 35.7 Å². The van der Waals surface area contributed by atoms with Crippen molar-refractivity contribution in [2.24, 2.45) is 4.99 Å². The molecule has 0 amide bonds. The number of fused-ring (bicyclic) bond motifs is 1. The van der Waals surface area contributed by atoms with Crippen molar-refractivity contribution in [2.45, 2.75) is 26.4 Å². The number of ether oxygens (including phenoxy) is 1. The maximum absolute atomic E-state index is 5.16. The number of nitrogens with one attached hydrogen (secondary N) is 2. The van der Waals surface area contributed by atoms with Crippen LogP contribution in [0.15, 0.2) is 59.9 Å². The summed E-state index contributed by atoms with van der Waals surface area (Å²) < 4.78 is 7.46. The Bertz CT molecular complexity index is 887. The maximum atomic E-state index is 5.16. The van der Waals surface area contributed by atoms with E-state index in [1.165, 1.54) is 10.9 Å². The molecule has 1 aromatic carbocycles. The molecule has 6 heteroatoms. The summed E-state index contributed by atoms with van der Waals surface area (Å²) in [5, 5.41) is 7.98. The highest BCUT2D eigenvalue weighted by molar-refractivity contribution is 5.80. The van der Waals surface area contributed by atoms with Crippen LogP contribution in [0.2, 0.25) is 0 Å². The lowest BCUT2D eigenvalue weighted by atomic mass is 10.2. The molecule has 6 nitrogen and oxygen atoms in total. The van der Waals surface area contributed by atoms with E-state index in [1.807, 2.05) is 12.1 Å². The Morgan fingerprint density at radius 2 is 2.07 bits per heavy atom. The summed E-state index contributed by atoms with van der Waals surface area (Å²) in [5.41, 5.74) is 2.35. The fraction of sp³-hybridized carbons (Fsp3) is 0.333. The van der Waals surface area contributed by atoms with Crippen LogP contribution in [0.5, 0.6) is 5.88 Å². The number of benzene rings is 1. The Labute approximate surface area is 160 Å². The number of aliphatic imine (C=N–C) groups is 1. The van der Waals surface area contributed by atoms with Gasteiger partial charge in [-0.2, -0.15) is 0 Å². The van der Waals surface area contributed by atoms with E-state index >= 15 is 0 Å². The molecule has 3 rings (SSSR count). The standard InChI is InChI=1S/C21H27N5O/c1-3-22-21(25-16-17-9-12-23-20(15-17)27-2)24-11-6-13-26-14-10-18-7-4-5-8-19(18)26/h4-5,7-10,12,14-15H,3,6,11,13,16H2,1-2H3,(H2,22,24,25). The van der Waals surface area contributed by atoms with Gasteiger partial charge < -0.3 is 19.9 Å². The molecule has 3 aromatic rings. The first-order valence-electron chi connectivity index (χ1n) is 9.35. The average Bonchev–Trinajstić information content (AvgIpc) is 3.12. The predicted molar refractivity (Wildman–Crippen MR) is 110 cm³/mol. The molecule has 0 atom stereocenters. The minimum atomic E-state index is 0.580. The molecular weight excluding hydrogens is 338 g/mol. The minimum Gasteiger partial charge on any atom is -0.481 e. The van der Waals surface area contributed by atoms with Crippen LogP contribution >= 0.6 is 0 Å². The fourth-order valence-corrected chi connectivity index (χ4v) is 2.96. The van der Waals surface area contributed by atoms with Crippen molar-refractivity contribution in [1.82, 2.24) is 20.2 Å². The van der Waals surface area contributed by atoms with Crippen molar-refractivity contribution in [3.05, 3.63) is 60.4 Å². The van der Waals surface area contributed by atoms with Gasteiger partial charge in [-0.3, -0.25) is 0 Å². The Balaban J connectivity index is 1.51. The highest BCUT2D eigenvalue weighted by Crippen LogP contribution is 2.15. The maximum Gasteiger partial charge on any atom is 0.213 e. The summed E-state index contributed by atoms with van der Waals surface area (Å²) in [4.78, 5) is 8.77. The Morgan fingerprint density at radius 3 is 2.93 bits per heavy atom. The van der Waals surface area contributed by atoms with Crippen LogP contribution in [0, 0.1) is 0 Å². The van der Waals surface area contributed by atoms with Gasteiger partial charge in [0.05, 0.1) is 13.7 Å². The zero-order chi connectivity index (χ0) is 18.9. The quantitative estimate of drug-likeness (QED) is 0.366. The molecule has 27 heavy (non-hydrogen) atoms. The van der Waals surface area contributed by atoms with Crippen LogP contribution in [-0.2, 0) is 13.1 Å². The van der Waals surface area contributed by atoms with Crippen LogP contribution in [0.25, 0.3) is 10.9 Å². The monoisotopic (exact) mass is 365 g/mol. The van der Waals surface area contributed by atoms with Gasteiger partial charge in [0.25, 0.3) is 0 Å². The summed E-state index contributed by atoms with van der Waals surface area (Å²) in [6.07, 6.45) is 4.92. The van der Waals surface area contributed by atoms with Crippen LogP contribution < -0.4 is 15.4 Å². The van der Waals surface area contributed by atoms with Gasteiger partial charge >= 0.3 is 0 Å². The number of methoxy groups -OCH3 is 1. The third-order valence-corrected chi connectivity index (χ3v) is 4.32. The predicted octanol–water partition coefficient (Wildman–Crippen LogP) is 3.19. The van der Waals surface area contributed by atoms with Crippen LogP contribution in [0.1, 0.15) is 18.9 Å². The van der Waals surface area contributed by atoms with E-state index in [-0.39, 0.29) is 0 Å². The number of nitrogens with zero attached hydrogens (tertiary/aromatic N) is 3. The first kappa shape index (κ1) is 18.8. The van der Waals surface area contributed by atoms with Gasteiger partial charge in [0, 0.05) is 43.6 Å². The third kappa shape index (κ3) is 5.23. The normalized spacial score (nSPS) is 11.6. The Morgan fingerprint density at radius 1 is 1.19 bits per heavy atom. The SMILES string of the molecule is CCNC(=NCc1ccnc(OC)c1)NCCCn1ccc2ccccc21. The number of para-hydroxylation sites is 1. The molecule has 0 unspecified atom stereocenters. The van der Waals surface area contributed by atoms with E-state index in [0.717, 1.165) is 37.6 Å². The van der Waals surface area contributed by atoms with Crippen molar-refractivity contribution in [1.29, 1.82) is 0 Å². The molecule has 0 aliphatic heterocycles. The Kier molecular flexibility index (Phi) is 6.68. The van der Waals surface area contributed by atoms with Crippen molar-refractivity contribution in [3.63, 3.8) is 0 Å². The largest absolute Gasteiger partial charge is 0.481 e. The van der Waals surface area contributed by atoms with Crippen LogP contribution in [0.4, 0.5) is 0 Å². The van der Waals surface area contributed by atoms with Crippen molar-refractivity contribution in [3.8, 4) is 5.88 Å². The van der Waals surface area contributed by atoms with Crippen LogP contribution in [0.3, 0.4) is 0 Å². The summed E-state index contributed by atoms with van der Waals surface area (Å²) in [6.45, 7) is 5.31. The smallest absolute Gasteiger partial charge is 0.213 e. The van der Waals surface area contributed by atoms with Gasteiger partial charge in [-0.05, 0) is 42.5 Å². The number of rotatable bonds is 8. The number of aromatic nitrogens is 2. The second kappa shape index (κ2) is 9.62. The lowest BCUT2D eigenvalue weighted by Gasteiger charge is -2.12. The Hall–Kier alpha value is -3.02. The second-order valence-corrected chi connectivity index (χ2v) is 6.25. The summed E-state index contributed by atoms with van der Waals surface area (Å²) >= 11 is 0. The molecule has 0 spiro atoms. The molecule has 2 aromatic heterocycles. The molecule has 2 heterocycles. The number of aryl methyl sites for hydroxylation is 1. The first-order chi connectivity index (χ1) is 13.3. The third-order valence-electron chi connectivity index (χ3n) is 4.32. The molecule has 0 aliphatic rings. The van der Waals surface area contributed by atoms with Gasteiger partial charge in [0.2, 0.25) is 5.88 Å². The lowest BCUT2D eigenvalue weighted by molar-refractivity contribution is 0.397. The topological polar surface area (TPSA) is 63.5 Å². The highest BCUT2D eigenvalue weighted by atomic mass is 16.5. The molecule has 0 aliphatic carbocycles. The minimum absolute atomic E-state index is 0.580. The van der Waals surface area contributed by atoms with Crippen molar-refractivity contribution in [2.75, 3.05) is 20.2 Å². The lowest BCUT2D eigenvalue weighted by Crippen LogP contribution is -2.38. The number of hydrogen-bond acceptors (Lipinski definition) is 3. The van der Waals surface area contributed by atoms with Gasteiger partial charge in [-0.25, -0.2) is 9.98 Å². The number of pyridine rings is 1. The highest BCUT2D eigenvalue weighted by Gasteiger charge is 2.02. The van der Waals surface area contributed by atoms with E-state index in [4.69, 9.17) is 4.74 Å². The van der Waals surface area contributed by atoms with Gasteiger partial charge in [-0.15, -0.1) is 0 Å². The second-order valence-electron chi connectivity index (χ2n) is 6.25. The fourth-order valence-electron chi connectivity index (χ4n) is 2.96. The number of hydrogen-bond donors (Lipinski definition) is 2. The average molecular weight is 365 g/mol. The molecule has 142 valence electrons. The summed E-state index contributed by atoms with van der Waals surface area (Å²) in [7, 11) is 1.62. The summed E-state index contributed by atoms with van der Waals surface area (Å²) in [6, 6.07) is 14.5. The van der Waals surface area contributed by atoms with Crippen molar-refractivity contribution < 1.29 is 4.74 Å². The molecule has 0 bridgehead atoms. The first-order valence-corrected chi connectivity index (χ1v) is 9.35. The molecule has 0 saturated heterocycles. The van der Waals surface area contributed by atoms with Crippen molar-refractivity contribution >= 4 is 16.9 Å². The molecule has 2 N–H and O–H groups in total. The van der Waals surface area contributed by atoms with E-state index in [2.05, 4.69) is 68.6 Å². The van der Waals surface area contributed by atoms with E-state index < -0.39 is 0 Å². The zero-order valence-corrected chi connectivity index (χ0v) is 16.0. The molecule has 0 radical (unpaired) electrons. The van der Waals surface area contributed by atoms with Gasteiger partial charge in [0.15, 0.2) is 5.96 Å². The molecular formula is C21H27N5O.